The predicted octanol–water partition coefficient (Wildman–Crippen LogP) is 1.55. The van der Waals surface area contributed by atoms with Crippen LogP contribution in [-0.2, 0) is 9.59 Å². The standard InChI is InChI=1S/C11H17NO3S/c1-2-7-4-3-5-9(13)12-8(11(14)15)6-16-10(7)12/h7-8,10H,2-6H2,1H3,(H,14,15). The van der Waals surface area contributed by atoms with Crippen LogP contribution in [0.1, 0.15) is 32.6 Å². The van der Waals surface area contributed by atoms with Gasteiger partial charge < -0.3 is 10.0 Å². The Morgan fingerprint density at radius 1 is 1.62 bits per heavy atom. The van der Waals surface area contributed by atoms with Gasteiger partial charge in [-0.2, -0.15) is 0 Å². The maximum Gasteiger partial charge on any atom is 0.327 e. The van der Waals surface area contributed by atoms with Crippen molar-refractivity contribution in [3.05, 3.63) is 0 Å². The highest BCUT2D eigenvalue weighted by atomic mass is 32.2. The topological polar surface area (TPSA) is 57.6 Å². The average Bonchev–Trinajstić information content (AvgIpc) is 2.62. The second-order valence-corrected chi connectivity index (χ2v) is 5.59. The summed E-state index contributed by atoms with van der Waals surface area (Å²) in [4.78, 5) is 24.7. The summed E-state index contributed by atoms with van der Waals surface area (Å²) in [6.07, 6.45) is 3.48. The summed E-state index contributed by atoms with van der Waals surface area (Å²) in [6, 6.07) is -0.602. The van der Waals surface area contributed by atoms with Gasteiger partial charge in [0.15, 0.2) is 0 Å². The number of nitrogens with zero attached hydrogens (tertiary/aromatic N) is 1. The van der Waals surface area contributed by atoms with Crippen LogP contribution in [0.25, 0.3) is 0 Å². The van der Waals surface area contributed by atoms with Crippen molar-refractivity contribution in [3.8, 4) is 0 Å². The Hall–Kier alpha value is -0.710. The van der Waals surface area contributed by atoms with Gasteiger partial charge in [0, 0.05) is 12.2 Å². The van der Waals surface area contributed by atoms with Crippen LogP contribution >= 0.6 is 11.8 Å². The summed E-state index contributed by atoms with van der Waals surface area (Å²) in [5, 5.41) is 9.21. The molecule has 0 radical (unpaired) electrons. The molecule has 90 valence electrons. The highest BCUT2D eigenvalue weighted by Gasteiger charge is 2.45. The molecule has 0 aromatic carbocycles. The Kier molecular flexibility index (Phi) is 3.42. The predicted molar refractivity (Wildman–Crippen MR) is 62.1 cm³/mol. The molecule has 1 N–H and O–H groups in total. The molecule has 5 heteroatoms. The van der Waals surface area contributed by atoms with E-state index in [1.54, 1.807) is 16.7 Å². The Morgan fingerprint density at radius 3 is 3.00 bits per heavy atom. The van der Waals surface area contributed by atoms with E-state index >= 15 is 0 Å². The van der Waals surface area contributed by atoms with Gasteiger partial charge in [-0.05, 0) is 18.8 Å². The molecule has 0 aliphatic carbocycles. The zero-order valence-electron chi connectivity index (χ0n) is 9.39. The molecule has 16 heavy (non-hydrogen) atoms. The van der Waals surface area contributed by atoms with Crippen LogP contribution in [0, 0.1) is 5.92 Å². The molecule has 2 rings (SSSR count). The SMILES string of the molecule is CCC1CCCC(=O)N2C(C(=O)O)CSC12. The summed E-state index contributed by atoms with van der Waals surface area (Å²) in [6.45, 7) is 2.12. The van der Waals surface area contributed by atoms with E-state index in [1.165, 1.54) is 0 Å². The maximum atomic E-state index is 11.9. The second-order valence-electron chi connectivity index (χ2n) is 4.44. The summed E-state index contributed by atoms with van der Waals surface area (Å²) >= 11 is 1.64. The number of fused-ring (bicyclic) bond motifs is 1. The van der Waals surface area contributed by atoms with Crippen molar-refractivity contribution in [3.63, 3.8) is 0 Å². The Labute approximate surface area is 99.4 Å². The summed E-state index contributed by atoms with van der Waals surface area (Å²) in [5.41, 5.74) is 0. The molecule has 2 heterocycles. The van der Waals surface area contributed by atoms with E-state index in [-0.39, 0.29) is 11.3 Å². The highest BCUT2D eigenvalue weighted by Crippen LogP contribution is 2.40. The van der Waals surface area contributed by atoms with Crippen molar-refractivity contribution in [2.45, 2.75) is 44.0 Å². The number of carbonyl (C=O) groups is 2. The van der Waals surface area contributed by atoms with Gasteiger partial charge >= 0.3 is 5.97 Å². The van der Waals surface area contributed by atoms with Gasteiger partial charge in [0.1, 0.15) is 6.04 Å². The number of aliphatic carboxylic acids is 1. The highest BCUT2D eigenvalue weighted by molar-refractivity contribution is 8.00. The second kappa shape index (κ2) is 4.65. The molecule has 1 amide bonds. The van der Waals surface area contributed by atoms with E-state index in [0.29, 0.717) is 18.1 Å². The molecule has 0 aromatic heterocycles. The Bertz CT molecular complexity index is 308. The van der Waals surface area contributed by atoms with Crippen LogP contribution in [0.4, 0.5) is 0 Å². The van der Waals surface area contributed by atoms with Crippen molar-refractivity contribution in [2.24, 2.45) is 5.92 Å². The fourth-order valence-electron chi connectivity index (χ4n) is 2.59. The molecule has 4 nitrogen and oxygen atoms in total. The lowest BCUT2D eigenvalue weighted by atomic mass is 10.0. The number of carbonyl (C=O) groups excluding carboxylic acids is 1. The lowest BCUT2D eigenvalue weighted by molar-refractivity contribution is -0.149. The van der Waals surface area contributed by atoms with E-state index in [1.807, 2.05) is 0 Å². The van der Waals surface area contributed by atoms with Gasteiger partial charge in [-0.25, -0.2) is 4.79 Å². The molecule has 2 aliphatic rings. The molecule has 2 fully saturated rings. The molecule has 0 saturated carbocycles. The van der Waals surface area contributed by atoms with Gasteiger partial charge in [0.2, 0.25) is 5.91 Å². The van der Waals surface area contributed by atoms with E-state index in [4.69, 9.17) is 5.11 Å². The average molecular weight is 243 g/mol. The normalized spacial score (nSPS) is 34.7. The van der Waals surface area contributed by atoms with E-state index in [0.717, 1.165) is 19.3 Å². The van der Waals surface area contributed by atoms with Crippen LogP contribution in [0.15, 0.2) is 0 Å². The third kappa shape index (κ3) is 1.93. The fourth-order valence-corrected chi connectivity index (χ4v) is 4.30. The third-order valence-corrected chi connectivity index (χ3v) is 4.96. The number of hydrogen-bond donors (Lipinski definition) is 1. The number of carboxylic acids is 1. The van der Waals surface area contributed by atoms with Gasteiger partial charge in [-0.1, -0.05) is 13.3 Å². The number of hydrogen-bond acceptors (Lipinski definition) is 3. The van der Waals surface area contributed by atoms with Crippen molar-refractivity contribution in [2.75, 3.05) is 5.75 Å². The van der Waals surface area contributed by atoms with Crippen LogP contribution in [0.5, 0.6) is 0 Å². The van der Waals surface area contributed by atoms with Crippen LogP contribution in [0.2, 0.25) is 0 Å². The molecular weight excluding hydrogens is 226 g/mol. The molecule has 2 aliphatic heterocycles. The number of amides is 1. The summed E-state index contributed by atoms with van der Waals surface area (Å²) < 4.78 is 0. The van der Waals surface area contributed by atoms with E-state index in [9.17, 15) is 9.59 Å². The minimum atomic E-state index is -0.861. The van der Waals surface area contributed by atoms with Gasteiger partial charge in [-0.3, -0.25) is 4.79 Å². The smallest absolute Gasteiger partial charge is 0.327 e. The van der Waals surface area contributed by atoms with Crippen LogP contribution in [0.3, 0.4) is 0 Å². The largest absolute Gasteiger partial charge is 0.480 e. The number of rotatable bonds is 2. The maximum absolute atomic E-state index is 11.9. The molecule has 0 aromatic rings. The lowest BCUT2D eigenvalue weighted by Gasteiger charge is -2.29. The first-order valence-corrected chi connectivity index (χ1v) is 6.85. The molecule has 0 spiro atoms. The molecule has 3 atom stereocenters. The monoisotopic (exact) mass is 243 g/mol. The summed E-state index contributed by atoms with van der Waals surface area (Å²) in [5.74, 6) is 0.168. The molecule has 2 saturated heterocycles. The zero-order valence-corrected chi connectivity index (χ0v) is 10.2. The van der Waals surface area contributed by atoms with Crippen molar-refractivity contribution in [1.82, 2.24) is 4.90 Å². The van der Waals surface area contributed by atoms with E-state index < -0.39 is 12.0 Å². The Balaban J connectivity index is 2.23. The minimum absolute atomic E-state index is 0.0263. The fraction of sp³-hybridized carbons (Fsp3) is 0.818. The third-order valence-electron chi connectivity index (χ3n) is 3.50. The number of carboxylic acid groups (broad SMARTS) is 1. The van der Waals surface area contributed by atoms with Gasteiger partial charge in [0.25, 0.3) is 0 Å². The first kappa shape index (κ1) is 11.8. The van der Waals surface area contributed by atoms with Gasteiger partial charge in [0.05, 0.1) is 5.37 Å². The Morgan fingerprint density at radius 2 is 2.38 bits per heavy atom. The first-order valence-electron chi connectivity index (χ1n) is 5.80. The minimum Gasteiger partial charge on any atom is -0.480 e. The molecular formula is C11H17NO3S. The van der Waals surface area contributed by atoms with Gasteiger partial charge in [-0.15, -0.1) is 11.8 Å². The number of thioether (sulfide) groups is 1. The van der Waals surface area contributed by atoms with Crippen LogP contribution < -0.4 is 0 Å². The van der Waals surface area contributed by atoms with Crippen LogP contribution in [-0.4, -0.2) is 39.1 Å². The van der Waals surface area contributed by atoms with E-state index in [2.05, 4.69) is 6.92 Å². The van der Waals surface area contributed by atoms with Crippen molar-refractivity contribution < 1.29 is 14.7 Å². The quantitative estimate of drug-likeness (QED) is 0.799. The first-order chi connectivity index (χ1) is 7.65. The lowest BCUT2D eigenvalue weighted by Crippen LogP contribution is -2.46. The zero-order chi connectivity index (χ0) is 11.7. The van der Waals surface area contributed by atoms with Crippen molar-refractivity contribution >= 4 is 23.6 Å². The molecule has 0 bridgehead atoms. The molecule has 3 unspecified atom stereocenters. The van der Waals surface area contributed by atoms with Crippen molar-refractivity contribution in [1.29, 1.82) is 0 Å². The summed E-state index contributed by atoms with van der Waals surface area (Å²) in [7, 11) is 0.